The van der Waals surface area contributed by atoms with E-state index in [1.165, 1.54) is 36.7 Å². The average Bonchev–Trinajstić information content (AvgIpc) is 3.52. The molecule has 2 N–H and O–H groups in total. The van der Waals surface area contributed by atoms with Gasteiger partial charge in [0.05, 0.1) is 12.4 Å². The Morgan fingerprint density at radius 1 is 0.667 bits per heavy atom. The maximum atomic E-state index is 12.4. The zero-order valence-electron chi connectivity index (χ0n) is 18.3. The van der Waals surface area contributed by atoms with Gasteiger partial charge in [0.1, 0.15) is 0 Å². The van der Waals surface area contributed by atoms with Gasteiger partial charge in [-0.3, -0.25) is 9.59 Å². The van der Waals surface area contributed by atoms with E-state index in [1.54, 1.807) is 24.3 Å². The molecule has 0 fully saturated rings. The number of amides is 2. The minimum atomic E-state index is -0.430. The second-order valence-electron chi connectivity index (χ2n) is 7.43. The van der Waals surface area contributed by atoms with E-state index in [0.717, 1.165) is 8.95 Å². The molecular weight excluding hydrogens is 600 g/mol. The number of benzene rings is 3. The van der Waals surface area contributed by atoms with Crippen LogP contribution in [0.3, 0.4) is 0 Å². The molecule has 0 aromatic heterocycles. The van der Waals surface area contributed by atoms with E-state index < -0.39 is 11.8 Å². The molecule has 0 spiro atoms. The summed E-state index contributed by atoms with van der Waals surface area (Å²) < 4.78 is 22.8. The number of rotatable bonds is 6. The molecule has 0 unspecified atom stereocenters. The van der Waals surface area contributed by atoms with Crippen molar-refractivity contribution in [3.05, 3.63) is 79.7 Å². The van der Waals surface area contributed by atoms with Gasteiger partial charge in [0.15, 0.2) is 23.0 Å². The molecule has 0 aliphatic carbocycles. The van der Waals surface area contributed by atoms with Gasteiger partial charge in [0, 0.05) is 31.2 Å². The first kappa shape index (κ1) is 23.8. The summed E-state index contributed by atoms with van der Waals surface area (Å²) in [5, 5.41) is 7.98. The Balaban J connectivity index is 1.16. The van der Waals surface area contributed by atoms with Gasteiger partial charge in [0.2, 0.25) is 13.6 Å². The Hall–Kier alpha value is -3.90. The molecule has 182 valence electrons. The van der Waals surface area contributed by atoms with Crippen molar-refractivity contribution in [3.63, 3.8) is 0 Å². The Morgan fingerprint density at radius 3 is 1.42 bits per heavy atom. The third-order valence-corrected chi connectivity index (χ3v) is 6.51. The highest BCUT2D eigenvalue weighted by molar-refractivity contribution is 9.10. The van der Waals surface area contributed by atoms with Crippen molar-refractivity contribution in [1.82, 2.24) is 10.9 Å². The van der Waals surface area contributed by atoms with E-state index >= 15 is 0 Å². The highest BCUT2D eigenvalue weighted by atomic mass is 79.9. The van der Waals surface area contributed by atoms with Gasteiger partial charge in [0.25, 0.3) is 11.8 Å². The lowest BCUT2D eigenvalue weighted by Gasteiger charge is -2.04. The Kier molecular flexibility index (Phi) is 6.87. The molecule has 0 atom stereocenters. The number of nitrogens with one attached hydrogen (secondary N) is 2. The zero-order chi connectivity index (χ0) is 25.1. The number of carbonyl (C=O) groups is 2. The Bertz CT molecular complexity index is 1300. The number of nitrogens with zero attached hydrogens (tertiary/aromatic N) is 2. The summed E-state index contributed by atoms with van der Waals surface area (Å²) in [5.74, 6) is 1.62. The van der Waals surface area contributed by atoms with E-state index in [1.807, 2.05) is 0 Å². The van der Waals surface area contributed by atoms with Crippen LogP contribution in [0.5, 0.6) is 23.0 Å². The van der Waals surface area contributed by atoms with Crippen LogP contribution in [0.25, 0.3) is 0 Å². The molecule has 2 aliphatic heterocycles. The molecule has 10 nitrogen and oxygen atoms in total. The SMILES string of the molecule is O=C(NN=Cc1cc2c(cc1Br)OCO2)c1ccc(C(=O)NN=Cc2cc3c(cc2Br)OCO3)cc1. The zero-order valence-corrected chi connectivity index (χ0v) is 21.5. The molecular formula is C24H16Br2N4O6. The van der Waals surface area contributed by atoms with Crippen molar-refractivity contribution in [3.8, 4) is 23.0 Å². The monoisotopic (exact) mass is 614 g/mol. The fourth-order valence-corrected chi connectivity index (χ4v) is 4.14. The molecule has 0 radical (unpaired) electrons. The normalized spacial score (nSPS) is 13.4. The van der Waals surface area contributed by atoms with Gasteiger partial charge in [-0.2, -0.15) is 10.2 Å². The smallest absolute Gasteiger partial charge is 0.271 e. The van der Waals surface area contributed by atoms with Crippen molar-refractivity contribution >= 4 is 56.1 Å². The van der Waals surface area contributed by atoms with Crippen molar-refractivity contribution < 1.29 is 28.5 Å². The number of fused-ring (bicyclic) bond motifs is 2. The standard InChI is InChI=1S/C24H16Br2N4O6/c25-17-7-21-19(33-11-35-21)5-15(17)9-27-29-23(31)13-1-2-14(4-3-13)24(32)30-28-10-16-6-20-22(8-18(16)26)36-12-34-20/h1-10H,11-12H2,(H,29,31)(H,30,32). The van der Waals surface area contributed by atoms with Gasteiger partial charge >= 0.3 is 0 Å². The number of hydrazone groups is 2. The number of halogens is 2. The summed E-state index contributed by atoms with van der Waals surface area (Å²) in [4.78, 5) is 24.8. The van der Waals surface area contributed by atoms with Crippen LogP contribution in [0.2, 0.25) is 0 Å². The molecule has 2 aliphatic rings. The largest absolute Gasteiger partial charge is 0.454 e. The molecule has 0 saturated heterocycles. The third-order valence-electron chi connectivity index (χ3n) is 5.13. The molecule has 2 amide bonds. The number of carbonyl (C=O) groups excluding carboxylic acids is 2. The van der Waals surface area contributed by atoms with Gasteiger partial charge in [-0.15, -0.1) is 0 Å². The van der Waals surface area contributed by atoms with E-state index in [9.17, 15) is 9.59 Å². The summed E-state index contributed by atoms with van der Waals surface area (Å²) in [6, 6.07) is 13.1. The predicted molar refractivity (Wildman–Crippen MR) is 137 cm³/mol. The summed E-state index contributed by atoms with van der Waals surface area (Å²) in [7, 11) is 0. The number of hydrogen-bond acceptors (Lipinski definition) is 8. The fraction of sp³-hybridized carbons (Fsp3) is 0.0833. The van der Waals surface area contributed by atoms with Crippen molar-refractivity contribution in [2.24, 2.45) is 10.2 Å². The maximum Gasteiger partial charge on any atom is 0.271 e. The summed E-state index contributed by atoms with van der Waals surface area (Å²) in [5.41, 5.74) is 7.00. The van der Waals surface area contributed by atoms with Crippen LogP contribution < -0.4 is 29.8 Å². The highest BCUT2D eigenvalue weighted by Crippen LogP contribution is 2.37. The molecule has 0 saturated carbocycles. The lowest BCUT2D eigenvalue weighted by molar-refractivity contribution is 0.0943. The maximum absolute atomic E-state index is 12.4. The van der Waals surface area contributed by atoms with Gasteiger partial charge < -0.3 is 18.9 Å². The van der Waals surface area contributed by atoms with E-state index in [4.69, 9.17) is 18.9 Å². The van der Waals surface area contributed by atoms with Crippen LogP contribution in [0.1, 0.15) is 31.8 Å². The van der Waals surface area contributed by atoms with Crippen molar-refractivity contribution in [1.29, 1.82) is 0 Å². The van der Waals surface area contributed by atoms with Crippen molar-refractivity contribution in [2.75, 3.05) is 13.6 Å². The van der Waals surface area contributed by atoms with Gasteiger partial charge in [-0.25, -0.2) is 10.9 Å². The molecule has 2 heterocycles. The minimum Gasteiger partial charge on any atom is -0.454 e. The van der Waals surface area contributed by atoms with Crippen LogP contribution in [0.4, 0.5) is 0 Å². The van der Waals surface area contributed by atoms with E-state index in [-0.39, 0.29) is 13.6 Å². The summed E-state index contributed by atoms with van der Waals surface area (Å²) in [6.45, 7) is 0.328. The topological polar surface area (TPSA) is 120 Å². The molecule has 12 heteroatoms. The number of hydrogen-bond donors (Lipinski definition) is 2. The number of ether oxygens (including phenoxy) is 4. The van der Waals surface area contributed by atoms with Crippen LogP contribution >= 0.6 is 31.9 Å². The lowest BCUT2D eigenvalue weighted by Crippen LogP contribution is -2.19. The molecule has 3 aromatic carbocycles. The summed E-state index contributed by atoms with van der Waals surface area (Å²) >= 11 is 6.86. The van der Waals surface area contributed by atoms with Crippen molar-refractivity contribution in [2.45, 2.75) is 0 Å². The van der Waals surface area contributed by atoms with Crippen LogP contribution in [-0.4, -0.2) is 37.8 Å². The minimum absolute atomic E-state index is 0.164. The molecule has 5 rings (SSSR count). The third kappa shape index (κ3) is 5.19. The molecule has 3 aromatic rings. The molecule has 0 bridgehead atoms. The second kappa shape index (κ2) is 10.4. The predicted octanol–water partition coefficient (Wildman–Crippen LogP) is 4.20. The van der Waals surface area contributed by atoms with Crippen LogP contribution in [0.15, 0.2) is 67.7 Å². The quantitative estimate of drug-likeness (QED) is 0.317. The molecule has 36 heavy (non-hydrogen) atoms. The Morgan fingerprint density at radius 2 is 1.03 bits per heavy atom. The summed E-state index contributed by atoms with van der Waals surface area (Å²) in [6.07, 6.45) is 2.98. The highest BCUT2D eigenvalue weighted by Gasteiger charge is 2.17. The lowest BCUT2D eigenvalue weighted by atomic mass is 10.1. The average molecular weight is 616 g/mol. The first-order valence-corrected chi connectivity index (χ1v) is 12.0. The van der Waals surface area contributed by atoms with Crippen LogP contribution in [0, 0.1) is 0 Å². The van der Waals surface area contributed by atoms with E-state index in [0.29, 0.717) is 45.3 Å². The fourth-order valence-electron chi connectivity index (χ4n) is 3.29. The van der Waals surface area contributed by atoms with Gasteiger partial charge in [-0.1, -0.05) is 0 Å². The first-order chi connectivity index (χ1) is 17.5. The Labute approximate surface area is 221 Å². The second-order valence-corrected chi connectivity index (χ2v) is 9.14. The first-order valence-electron chi connectivity index (χ1n) is 10.4. The van der Waals surface area contributed by atoms with Crippen LogP contribution in [-0.2, 0) is 0 Å². The van der Waals surface area contributed by atoms with Gasteiger partial charge in [-0.05, 0) is 80.4 Å². The van der Waals surface area contributed by atoms with E-state index in [2.05, 4.69) is 52.9 Å².